The number of amides is 1. The molecular formula is C21H34N8O2. The zero-order valence-corrected chi connectivity index (χ0v) is 18.6. The number of fused-ring (bicyclic) bond motifs is 1. The average molecular weight is 431 g/mol. The summed E-state index contributed by atoms with van der Waals surface area (Å²) in [4.78, 5) is 36.2. The number of carbonyl (C=O) groups excluding carboxylic acids is 1. The second kappa shape index (κ2) is 10.2. The molecule has 1 atom stereocenters. The minimum absolute atomic E-state index is 0.0130. The highest BCUT2D eigenvalue weighted by atomic mass is 16.5. The van der Waals surface area contributed by atoms with Crippen molar-refractivity contribution >= 4 is 28.8 Å². The Kier molecular flexibility index (Phi) is 7.18. The fourth-order valence-electron chi connectivity index (χ4n) is 4.42. The number of imidazole rings is 1. The van der Waals surface area contributed by atoms with Crippen LogP contribution in [-0.2, 0) is 9.53 Å². The van der Waals surface area contributed by atoms with Crippen molar-refractivity contribution in [3.63, 3.8) is 0 Å². The summed E-state index contributed by atoms with van der Waals surface area (Å²) in [6.45, 7) is 12.4. The summed E-state index contributed by atoms with van der Waals surface area (Å²) in [6, 6.07) is 0. The molecule has 2 aliphatic heterocycles. The van der Waals surface area contributed by atoms with E-state index in [1.807, 2.05) is 18.7 Å². The lowest BCUT2D eigenvalue weighted by Crippen LogP contribution is -2.45. The zero-order chi connectivity index (χ0) is 21.6. The summed E-state index contributed by atoms with van der Waals surface area (Å²) in [5.41, 5.74) is 1.47. The van der Waals surface area contributed by atoms with Crippen LogP contribution in [0.3, 0.4) is 0 Å². The minimum Gasteiger partial charge on any atom is -0.379 e. The van der Waals surface area contributed by atoms with Crippen LogP contribution in [0.5, 0.6) is 0 Å². The summed E-state index contributed by atoms with van der Waals surface area (Å²) in [5, 5.41) is 3.42. The van der Waals surface area contributed by atoms with E-state index in [9.17, 15) is 4.79 Å². The van der Waals surface area contributed by atoms with Crippen LogP contribution in [0.2, 0.25) is 0 Å². The Labute approximate surface area is 183 Å². The molecule has 1 unspecified atom stereocenters. The smallest absolute Gasteiger partial charge is 0.227 e. The van der Waals surface area contributed by atoms with Gasteiger partial charge in [-0.2, -0.15) is 4.98 Å². The van der Waals surface area contributed by atoms with Gasteiger partial charge in [-0.05, 0) is 26.7 Å². The number of hydrogen-bond acceptors (Lipinski definition) is 8. The fraction of sp³-hybridized carbons (Fsp3) is 0.714. The number of ether oxygens (including phenoxy) is 1. The molecule has 2 aliphatic rings. The Balaban J connectivity index is 1.42. The number of aromatic amines is 1. The predicted molar refractivity (Wildman–Crippen MR) is 120 cm³/mol. The van der Waals surface area contributed by atoms with Gasteiger partial charge < -0.3 is 24.8 Å². The first-order valence-electron chi connectivity index (χ1n) is 11.5. The number of H-pyrrole nitrogens is 1. The van der Waals surface area contributed by atoms with Gasteiger partial charge in [-0.3, -0.25) is 9.69 Å². The second-order valence-corrected chi connectivity index (χ2v) is 8.16. The molecule has 0 saturated carbocycles. The largest absolute Gasteiger partial charge is 0.379 e. The van der Waals surface area contributed by atoms with Gasteiger partial charge >= 0.3 is 0 Å². The van der Waals surface area contributed by atoms with Gasteiger partial charge in [0.05, 0.1) is 19.1 Å². The number of aromatic nitrogens is 4. The first-order valence-corrected chi connectivity index (χ1v) is 11.5. The number of nitrogens with one attached hydrogen (secondary N) is 2. The van der Waals surface area contributed by atoms with Gasteiger partial charge in [-0.1, -0.05) is 0 Å². The van der Waals surface area contributed by atoms with E-state index in [1.54, 1.807) is 6.33 Å². The maximum Gasteiger partial charge on any atom is 0.227 e. The summed E-state index contributed by atoms with van der Waals surface area (Å²) >= 11 is 0. The number of rotatable bonds is 8. The number of hydrogen-bond donors (Lipinski definition) is 2. The van der Waals surface area contributed by atoms with Gasteiger partial charge in [0.2, 0.25) is 11.9 Å². The topological polar surface area (TPSA) is 103 Å². The molecule has 2 aromatic rings. The van der Waals surface area contributed by atoms with Crippen molar-refractivity contribution in [1.29, 1.82) is 0 Å². The van der Waals surface area contributed by atoms with E-state index in [-0.39, 0.29) is 11.8 Å². The van der Waals surface area contributed by atoms with Crippen LogP contribution in [0, 0.1) is 5.92 Å². The first kappa shape index (κ1) is 21.8. The number of piperidine rings is 1. The molecule has 4 rings (SSSR count). The Morgan fingerprint density at radius 3 is 2.84 bits per heavy atom. The Hall–Kier alpha value is -2.46. The van der Waals surface area contributed by atoms with Crippen molar-refractivity contribution in [3.8, 4) is 0 Å². The van der Waals surface area contributed by atoms with Gasteiger partial charge in [-0.25, -0.2) is 9.97 Å². The Morgan fingerprint density at radius 2 is 2.06 bits per heavy atom. The molecule has 0 aliphatic carbocycles. The summed E-state index contributed by atoms with van der Waals surface area (Å²) in [6.07, 6.45) is 3.46. The van der Waals surface area contributed by atoms with E-state index in [1.165, 1.54) is 0 Å². The molecule has 10 nitrogen and oxygen atoms in total. The molecule has 2 fully saturated rings. The lowest BCUT2D eigenvalue weighted by Gasteiger charge is -2.34. The molecule has 2 saturated heterocycles. The molecule has 0 bridgehead atoms. The molecule has 2 N–H and O–H groups in total. The third kappa shape index (κ3) is 5.07. The molecule has 0 spiro atoms. The minimum atomic E-state index is 0.0130. The summed E-state index contributed by atoms with van der Waals surface area (Å²) in [7, 11) is 0. The fourth-order valence-corrected chi connectivity index (χ4v) is 4.42. The highest BCUT2D eigenvalue weighted by molar-refractivity contribution is 5.84. The molecule has 31 heavy (non-hydrogen) atoms. The van der Waals surface area contributed by atoms with Crippen molar-refractivity contribution in [2.24, 2.45) is 5.92 Å². The number of carbonyl (C=O) groups is 1. The van der Waals surface area contributed by atoms with Crippen molar-refractivity contribution in [1.82, 2.24) is 29.7 Å². The average Bonchev–Trinajstić information content (AvgIpc) is 3.26. The van der Waals surface area contributed by atoms with E-state index in [2.05, 4.69) is 30.1 Å². The quantitative estimate of drug-likeness (QED) is 0.644. The van der Waals surface area contributed by atoms with E-state index in [0.717, 1.165) is 89.2 Å². The lowest BCUT2D eigenvalue weighted by atomic mass is 9.96. The molecule has 170 valence electrons. The third-order valence-electron chi connectivity index (χ3n) is 6.25. The van der Waals surface area contributed by atoms with Crippen molar-refractivity contribution in [2.75, 3.05) is 75.8 Å². The Bertz CT molecular complexity index is 862. The summed E-state index contributed by atoms with van der Waals surface area (Å²) in [5.74, 6) is 1.80. The lowest BCUT2D eigenvalue weighted by molar-refractivity contribution is -0.135. The van der Waals surface area contributed by atoms with Gasteiger partial charge in [0.1, 0.15) is 11.8 Å². The number of morpholine rings is 1. The Morgan fingerprint density at radius 1 is 1.26 bits per heavy atom. The highest BCUT2D eigenvalue weighted by Crippen LogP contribution is 2.26. The molecule has 0 radical (unpaired) electrons. The standard InChI is InChI=1S/C21H34N8O2/c1-3-28(4-2)20(30)16-6-5-8-29(14-16)21-25-17-18(23-15-24-19(17)26-21)22-7-9-27-10-12-31-13-11-27/h15-16H,3-14H2,1-2H3,(H2,22,23,24,25,26). The maximum absolute atomic E-state index is 12.8. The van der Waals surface area contributed by atoms with Crippen LogP contribution in [0.1, 0.15) is 26.7 Å². The zero-order valence-electron chi connectivity index (χ0n) is 18.6. The molecule has 2 aromatic heterocycles. The van der Waals surface area contributed by atoms with Crippen LogP contribution in [0.25, 0.3) is 11.2 Å². The van der Waals surface area contributed by atoms with Gasteiger partial charge in [0.25, 0.3) is 0 Å². The molecule has 10 heteroatoms. The number of nitrogens with zero attached hydrogens (tertiary/aromatic N) is 6. The summed E-state index contributed by atoms with van der Waals surface area (Å²) < 4.78 is 5.41. The highest BCUT2D eigenvalue weighted by Gasteiger charge is 2.29. The molecule has 0 aromatic carbocycles. The molecule has 4 heterocycles. The van der Waals surface area contributed by atoms with Crippen molar-refractivity contribution in [2.45, 2.75) is 26.7 Å². The van der Waals surface area contributed by atoms with Crippen LogP contribution in [0.15, 0.2) is 6.33 Å². The van der Waals surface area contributed by atoms with Gasteiger partial charge in [-0.15, -0.1) is 0 Å². The van der Waals surface area contributed by atoms with E-state index < -0.39 is 0 Å². The van der Waals surface area contributed by atoms with Gasteiger partial charge in [0, 0.05) is 52.4 Å². The van der Waals surface area contributed by atoms with Crippen molar-refractivity contribution in [3.05, 3.63) is 6.33 Å². The van der Waals surface area contributed by atoms with E-state index >= 15 is 0 Å². The van der Waals surface area contributed by atoms with Crippen LogP contribution < -0.4 is 10.2 Å². The van der Waals surface area contributed by atoms with Crippen molar-refractivity contribution < 1.29 is 9.53 Å². The second-order valence-electron chi connectivity index (χ2n) is 8.16. The maximum atomic E-state index is 12.8. The van der Waals surface area contributed by atoms with Gasteiger partial charge in [0.15, 0.2) is 11.5 Å². The predicted octanol–water partition coefficient (Wildman–Crippen LogP) is 1.18. The molecular weight excluding hydrogens is 396 g/mol. The van der Waals surface area contributed by atoms with E-state index in [0.29, 0.717) is 12.2 Å². The van der Waals surface area contributed by atoms with Crippen LogP contribution >= 0.6 is 0 Å². The third-order valence-corrected chi connectivity index (χ3v) is 6.25. The van der Waals surface area contributed by atoms with Crippen LogP contribution in [0.4, 0.5) is 11.8 Å². The SMILES string of the molecule is CCN(CC)C(=O)C1CCCN(c2nc3ncnc(NCCN4CCOCC4)c3[nH]2)C1. The molecule has 1 amide bonds. The van der Waals surface area contributed by atoms with Crippen LogP contribution in [-0.4, -0.2) is 101 Å². The monoisotopic (exact) mass is 430 g/mol. The first-order chi connectivity index (χ1) is 15.2. The van der Waals surface area contributed by atoms with E-state index in [4.69, 9.17) is 9.72 Å². The normalized spacial score (nSPS) is 20.2. The number of anilines is 2.